The largest absolute Gasteiger partial charge is 0.508 e. The molecule has 0 saturated heterocycles. The van der Waals surface area contributed by atoms with E-state index in [-0.39, 0.29) is 0 Å². The maximum absolute atomic E-state index is 9.99. The molecule has 0 aliphatic carbocycles. The Bertz CT molecular complexity index is 559. The zero-order chi connectivity index (χ0) is 15.1. The van der Waals surface area contributed by atoms with Crippen molar-refractivity contribution in [1.29, 1.82) is 0 Å². The average molecular weight is 283 g/mol. The van der Waals surface area contributed by atoms with E-state index >= 15 is 0 Å². The number of phenolic OH excluding ortho intramolecular Hbond substituents is 1. The highest BCUT2D eigenvalue weighted by molar-refractivity contribution is 5.56. The molecule has 0 atom stereocenters. The van der Waals surface area contributed by atoms with Gasteiger partial charge in [-0.15, -0.1) is 0 Å². The van der Waals surface area contributed by atoms with Crippen molar-refractivity contribution in [3.05, 3.63) is 59.7 Å². The Morgan fingerprint density at radius 2 is 1.38 bits per heavy atom. The maximum Gasteiger partial charge on any atom is 0.119 e. The minimum absolute atomic E-state index is 0.379. The lowest BCUT2D eigenvalue weighted by atomic mass is 10.0. The van der Waals surface area contributed by atoms with Gasteiger partial charge in [0.1, 0.15) is 5.75 Å². The summed E-state index contributed by atoms with van der Waals surface area (Å²) in [4.78, 5) is 2.45. The monoisotopic (exact) mass is 283 g/mol. The summed E-state index contributed by atoms with van der Waals surface area (Å²) in [6.45, 7) is 6.58. The van der Waals surface area contributed by atoms with Gasteiger partial charge in [0.05, 0.1) is 0 Å². The van der Waals surface area contributed by atoms with Gasteiger partial charge in [0.15, 0.2) is 0 Å². The molecule has 0 aliphatic rings. The van der Waals surface area contributed by atoms with E-state index in [0.29, 0.717) is 5.75 Å². The van der Waals surface area contributed by atoms with Crippen molar-refractivity contribution < 1.29 is 5.11 Å². The number of nitrogens with zero attached hydrogens (tertiary/aromatic N) is 1. The number of para-hydroxylation sites is 2. The fourth-order valence-corrected chi connectivity index (χ4v) is 2.73. The zero-order valence-electron chi connectivity index (χ0n) is 13.0. The molecule has 2 heteroatoms. The van der Waals surface area contributed by atoms with Crippen LogP contribution in [0.3, 0.4) is 0 Å². The molecule has 0 amide bonds. The van der Waals surface area contributed by atoms with Crippen LogP contribution in [-0.4, -0.2) is 18.2 Å². The first-order valence-electron chi connectivity index (χ1n) is 7.86. The standard InChI is InChI=1S/C19H25NO/c1-3-13-20(14-4-2)18-11-7-5-9-16(18)15-17-10-6-8-12-19(17)21/h5-12,21H,3-4,13-15H2,1-2H3. The molecular weight excluding hydrogens is 258 g/mol. The molecule has 21 heavy (non-hydrogen) atoms. The van der Waals surface area contributed by atoms with E-state index in [2.05, 4.69) is 43.0 Å². The second kappa shape index (κ2) is 7.72. The Kier molecular flexibility index (Phi) is 5.68. The van der Waals surface area contributed by atoms with Crippen LogP contribution < -0.4 is 4.90 Å². The predicted octanol–water partition coefficient (Wildman–Crippen LogP) is 4.61. The van der Waals surface area contributed by atoms with Crippen LogP contribution in [0.2, 0.25) is 0 Å². The van der Waals surface area contributed by atoms with Crippen LogP contribution in [0, 0.1) is 0 Å². The van der Waals surface area contributed by atoms with E-state index < -0.39 is 0 Å². The van der Waals surface area contributed by atoms with Gasteiger partial charge in [0.25, 0.3) is 0 Å². The summed E-state index contributed by atoms with van der Waals surface area (Å²) in [5, 5.41) is 9.99. The fourth-order valence-electron chi connectivity index (χ4n) is 2.73. The highest BCUT2D eigenvalue weighted by atomic mass is 16.3. The van der Waals surface area contributed by atoms with E-state index in [1.54, 1.807) is 6.07 Å². The van der Waals surface area contributed by atoms with Crippen molar-refractivity contribution in [2.24, 2.45) is 0 Å². The molecule has 112 valence electrons. The molecule has 0 spiro atoms. The first-order valence-corrected chi connectivity index (χ1v) is 7.86. The Hall–Kier alpha value is -1.96. The topological polar surface area (TPSA) is 23.5 Å². The molecule has 0 radical (unpaired) electrons. The molecule has 2 nitrogen and oxygen atoms in total. The zero-order valence-corrected chi connectivity index (χ0v) is 13.0. The number of hydrogen-bond acceptors (Lipinski definition) is 2. The van der Waals surface area contributed by atoms with Crippen LogP contribution in [0.1, 0.15) is 37.8 Å². The molecular formula is C19H25NO. The van der Waals surface area contributed by atoms with E-state index in [0.717, 1.165) is 37.9 Å². The number of aromatic hydroxyl groups is 1. The van der Waals surface area contributed by atoms with Gasteiger partial charge in [-0.3, -0.25) is 0 Å². The Morgan fingerprint density at radius 1 is 0.810 bits per heavy atom. The minimum Gasteiger partial charge on any atom is -0.508 e. The molecule has 0 saturated carbocycles. The lowest BCUT2D eigenvalue weighted by molar-refractivity contribution is 0.469. The minimum atomic E-state index is 0.379. The third kappa shape index (κ3) is 4.01. The summed E-state index contributed by atoms with van der Waals surface area (Å²) in [7, 11) is 0. The van der Waals surface area contributed by atoms with Crippen LogP contribution in [0.4, 0.5) is 5.69 Å². The second-order valence-corrected chi connectivity index (χ2v) is 5.42. The summed E-state index contributed by atoms with van der Waals surface area (Å²) in [5.41, 5.74) is 3.56. The second-order valence-electron chi connectivity index (χ2n) is 5.42. The van der Waals surface area contributed by atoms with E-state index in [1.165, 1.54) is 11.3 Å². The van der Waals surface area contributed by atoms with Crippen molar-refractivity contribution in [3.63, 3.8) is 0 Å². The van der Waals surface area contributed by atoms with Gasteiger partial charge >= 0.3 is 0 Å². The molecule has 0 bridgehead atoms. The highest BCUT2D eigenvalue weighted by Crippen LogP contribution is 2.27. The lowest BCUT2D eigenvalue weighted by Crippen LogP contribution is -2.26. The molecule has 0 unspecified atom stereocenters. The lowest BCUT2D eigenvalue weighted by Gasteiger charge is -2.26. The normalized spacial score (nSPS) is 10.6. The summed E-state index contributed by atoms with van der Waals surface area (Å²) < 4.78 is 0. The molecule has 2 aromatic carbocycles. The van der Waals surface area contributed by atoms with E-state index in [1.807, 2.05) is 18.2 Å². The number of phenols is 1. The highest BCUT2D eigenvalue weighted by Gasteiger charge is 2.11. The fraction of sp³-hybridized carbons (Fsp3) is 0.368. The Morgan fingerprint density at radius 3 is 2.00 bits per heavy atom. The number of rotatable bonds is 7. The van der Waals surface area contributed by atoms with Crippen LogP contribution >= 0.6 is 0 Å². The number of benzene rings is 2. The predicted molar refractivity (Wildman–Crippen MR) is 90.1 cm³/mol. The molecule has 0 aliphatic heterocycles. The van der Waals surface area contributed by atoms with Gasteiger partial charge < -0.3 is 10.0 Å². The summed E-state index contributed by atoms with van der Waals surface area (Å²) >= 11 is 0. The molecule has 0 aromatic heterocycles. The maximum atomic E-state index is 9.99. The summed E-state index contributed by atoms with van der Waals surface area (Å²) in [6, 6.07) is 16.1. The summed E-state index contributed by atoms with van der Waals surface area (Å²) in [5.74, 6) is 0.379. The van der Waals surface area contributed by atoms with Gasteiger partial charge in [-0.25, -0.2) is 0 Å². The molecule has 2 rings (SSSR count). The van der Waals surface area contributed by atoms with Gasteiger partial charge in [0, 0.05) is 25.2 Å². The van der Waals surface area contributed by atoms with Crippen LogP contribution in [0.5, 0.6) is 5.75 Å². The van der Waals surface area contributed by atoms with Crippen molar-refractivity contribution in [1.82, 2.24) is 0 Å². The first kappa shape index (κ1) is 15.4. The SMILES string of the molecule is CCCN(CCC)c1ccccc1Cc1ccccc1O. The van der Waals surface area contributed by atoms with Gasteiger partial charge in [-0.05, 0) is 36.1 Å². The molecule has 1 N–H and O–H groups in total. The van der Waals surface area contributed by atoms with Gasteiger partial charge in [-0.2, -0.15) is 0 Å². The van der Waals surface area contributed by atoms with Crippen molar-refractivity contribution >= 4 is 5.69 Å². The summed E-state index contributed by atoms with van der Waals surface area (Å²) in [6.07, 6.45) is 3.06. The van der Waals surface area contributed by atoms with E-state index in [9.17, 15) is 5.11 Å². The molecule has 0 fully saturated rings. The van der Waals surface area contributed by atoms with Crippen molar-refractivity contribution in [3.8, 4) is 5.75 Å². The van der Waals surface area contributed by atoms with Crippen LogP contribution in [0.15, 0.2) is 48.5 Å². The third-order valence-corrected chi connectivity index (χ3v) is 3.69. The van der Waals surface area contributed by atoms with Crippen LogP contribution in [-0.2, 0) is 6.42 Å². The van der Waals surface area contributed by atoms with E-state index in [4.69, 9.17) is 0 Å². The molecule has 2 aromatic rings. The van der Waals surface area contributed by atoms with Crippen molar-refractivity contribution in [2.45, 2.75) is 33.1 Å². The van der Waals surface area contributed by atoms with Crippen LogP contribution in [0.25, 0.3) is 0 Å². The Balaban J connectivity index is 2.29. The smallest absolute Gasteiger partial charge is 0.119 e. The Labute approximate surface area is 128 Å². The number of hydrogen-bond donors (Lipinski definition) is 1. The third-order valence-electron chi connectivity index (χ3n) is 3.69. The molecule has 0 heterocycles. The van der Waals surface area contributed by atoms with Gasteiger partial charge in [-0.1, -0.05) is 50.2 Å². The average Bonchev–Trinajstić information content (AvgIpc) is 2.50. The van der Waals surface area contributed by atoms with Gasteiger partial charge in [0.2, 0.25) is 0 Å². The first-order chi connectivity index (χ1) is 10.3. The quantitative estimate of drug-likeness (QED) is 0.802. The number of anilines is 1. The van der Waals surface area contributed by atoms with Crippen molar-refractivity contribution in [2.75, 3.05) is 18.0 Å².